The summed E-state index contributed by atoms with van der Waals surface area (Å²) in [6.07, 6.45) is 1.20. The molecule has 7 heteroatoms. The van der Waals surface area contributed by atoms with Crippen molar-refractivity contribution in [3.63, 3.8) is 0 Å². The molecule has 1 saturated heterocycles. The van der Waals surface area contributed by atoms with Crippen LogP contribution in [0.2, 0.25) is 0 Å². The lowest BCUT2D eigenvalue weighted by Gasteiger charge is -2.29. The van der Waals surface area contributed by atoms with Gasteiger partial charge >= 0.3 is 17.9 Å². The van der Waals surface area contributed by atoms with E-state index in [0.717, 1.165) is 0 Å². The highest BCUT2D eigenvalue weighted by molar-refractivity contribution is 6.15. The van der Waals surface area contributed by atoms with Gasteiger partial charge in [-0.2, -0.15) is 0 Å². The molecule has 0 aliphatic carbocycles. The quantitative estimate of drug-likeness (QED) is 0.518. The molecule has 1 heterocycles. The van der Waals surface area contributed by atoms with E-state index in [-0.39, 0.29) is 13.0 Å². The van der Waals surface area contributed by atoms with Gasteiger partial charge in [0, 0.05) is 25.7 Å². The van der Waals surface area contributed by atoms with Gasteiger partial charge in [-0.1, -0.05) is 7.43 Å². The third kappa shape index (κ3) is 4.32. The van der Waals surface area contributed by atoms with Crippen LogP contribution in [0.15, 0.2) is 36.0 Å². The zero-order chi connectivity index (χ0) is 16.3. The van der Waals surface area contributed by atoms with E-state index in [4.69, 9.17) is 9.47 Å². The van der Waals surface area contributed by atoms with Crippen molar-refractivity contribution < 1.29 is 28.6 Å². The minimum absolute atomic E-state index is 0. The monoisotopic (exact) mass is 321 g/mol. The van der Waals surface area contributed by atoms with Crippen molar-refractivity contribution in [1.82, 2.24) is 0 Å². The number of carbonyl (C=O) groups is 3. The minimum atomic E-state index is -1.27. The van der Waals surface area contributed by atoms with E-state index >= 15 is 0 Å². The molecule has 1 aliphatic heterocycles. The van der Waals surface area contributed by atoms with Crippen LogP contribution in [0.5, 0.6) is 0 Å². The number of esters is 3. The number of rotatable bonds is 3. The molecule has 7 nitrogen and oxygen atoms in total. The fraction of sp³-hybridized carbons (Fsp3) is 0.312. The first-order valence-electron chi connectivity index (χ1n) is 6.44. The third-order valence-corrected chi connectivity index (χ3v) is 2.81. The van der Waals surface area contributed by atoms with Gasteiger partial charge in [0.05, 0.1) is 12.7 Å². The Morgan fingerprint density at radius 3 is 2.13 bits per heavy atom. The highest BCUT2D eigenvalue weighted by atomic mass is 16.7. The molecule has 2 rings (SSSR count). The zero-order valence-corrected chi connectivity index (χ0v) is 12.3. The van der Waals surface area contributed by atoms with Crippen molar-refractivity contribution >= 4 is 23.6 Å². The van der Waals surface area contributed by atoms with Gasteiger partial charge in [0.1, 0.15) is 0 Å². The molecule has 0 aromatic heterocycles. The van der Waals surface area contributed by atoms with Crippen molar-refractivity contribution in [1.29, 1.82) is 0 Å². The molecule has 0 spiro atoms. The molecular formula is C16H19NO6. The van der Waals surface area contributed by atoms with Crippen molar-refractivity contribution in [3.05, 3.63) is 41.6 Å². The lowest BCUT2D eigenvalue weighted by Crippen LogP contribution is -2.42. The highest BCUT2D eigenvalue weighted by Crippen LogP contribution is 2.22. The van der Waals surface area contributed by atoms with Gasteiger partial charge in [-0.05, 0) is 24.3 Å². The number of hydrogen-bond acceptors (Lipinski definition) is 7. The molecule has 0 amide bonds. The predicted molar refractivity (Wildman–Crippen MR) is 82.5 cm³/mol. The largest absolute Gasteiger partial charge is 0.465 e. The van der Waals surface area contributed by atoms with Gasteiger partial charge < -0.3 is 19.5 Å². The second-order valence-electron chi connectivity index (χ2n) is 4.95. The van der Waals surface area contributed by atoms with E-state index in [1.54, 1.807) is 24.3 Å². The normalized spacial score (nSPS) is 15.7. The molecule has 124 valence electrons. The Labute approximate surface area is 134 Å². The van der Waals surface area contributed by atoms with E-state index in [1.807, 2.05) is 0 Å². The van der Waals surface area contributed by atoms with E-state index in [9.17, 15) is 14.4 Å². The number of hydrogen-bond donors (Lipinski definition) is 1. The van der Waals surface area contributed by atoms with Crippen LogP contribution in [0.3, 0.4) is 0 Å². The molecule has 1 N–H and O–H groups in total. The Morgan fingerprint density at radius 1 is 1.13 bits per heavy atom. The Kier molecular flexibility index (Phi) is 5.51. The smallest absolute Gasteiger partial charge is 0.350 e. The molecule has 1 aliphatic rings. The van der Waals surface area contributed by atoms with Crippen LogP contribution in [-0.4, -0.2) is 30.8 Å². The molecule has 1 fully saturated rings. The van der Waals surface area contributed by atoms with Crippen LogP contribution in [0, 0.1) is 0 Å². The van der Waals surface area contributed by atoms with Crippen LogP contribution in [0.25, 0.3) is 0 Å². The summed E-state index contributed by atoms with van der Waals surface area (Å²) in [7, 11) is 1.29. The molecule has 0 radical (unpaired) electrons. The Hall–Kier alpha value is -2.83. The van der Waals surface area contributed by atoms with Gasteiger partial charge in [0.2, 0.25) is 0 Å². The molecule has 1 aromatic carbocycles. The molecule has 0 bridgehead atoms. The fourth-order valence-corrected chi connectivity index (χ4v) is 1.75. The summed E-state index contributed by atoms with van der Waals surface area (Å²) in [5, 5.41) is 2.77. The van der Waals surface area contributed by atoms with E-state index in [1.165, 1.54) is 27.2 Å². The van der Waals surface area contributed by atoms with Gasteiger partial charge in [0.25, 0.3) is 5.79 Å². The van der Waals surface area contributed by atoms with E-state index < -0.39 is 23.7 Å². The number of carbonyl (C=O) groups excluding carboxylic acids is 3. The first-order valence-corrected chi connectivity index (χ1v) is 6.44. The summed E-state index contributed by atoms with van der Waals surface area (Å²) in [6.45, 7) is 2.94. The summed E-state index contributed by atoms with van der Waals surface area (Å²) in [6, 6.07) is 6.31. The van der Waals surface area contributed by atoms with Crippen LogP contribution in [0.4, 0.5) is 5.69 Å². The lowest BCUT2D eigenvalue weighted by molar-refractivity contribution is -0.222. The SMILES string of the molecule is C.COC(=O)c1ccc(NC=C2C(=O)OC(C)(C)OC2=O)cc1. The number of benzene rings is 1. The third-order valence-electron chi connectivity index (χ3n) is 2.81. The number of nitrogens with one attached hydrogen (secondary N) is 1. The minimum Gasteiger partial charge on any atom is -0.465 e. The standard InChI is InChI=1S/C15H15NO6.CH4/c1-15(2)21-13(18)11(14(19)22-15)8-16-10-6-4-9(5-7-10)12(17)20-3;/h4-8,16H,1-3H3;1H4. The topological polar surface area (TPSA) is 90.9 Å². The van der Waals surface area contributed by atoms with Crippen LogP contribution in [-0.2, 0) is 23.8 Å². The molecule has 0 saturated carbocycles. The van der Waals surface area contributed by atoms with Crippen molar-refractivity contribution in [2.24, 2.45) is 0 Å². The average Bonchev–Trinajstić information content (AvgIpc) is 2.45. The van der Waals surface area contributed by atoms with Gasteiger partial charge in [-0.25, -0.2) is 14.4 Å². The number of cyclic esters (lactones) is 2. The van der Waals surface area contributed by atoms with Crippen molar-refractivity contribution in [2.45, 2.75) is 27.1 Å². The Balaban J connectivity index is 0.00000264. The molecule has 0 unspecified atom stereocenters. The first kappa shape index (κ1) is 18.2. The van der Waals surface area contributed by atoms with Gasteiger partial charge in [-0.3, -0.25) is 0 Å². The zero-order valence-electron chi connectivity index (χ0n) is 12.3. The fourth-order valence-electron chi connectivity index (χ4n) is 1.75. The number of methoxy groups -OCH3 is 1. The van der Waals surface area contributed by atoms with E-state index in [2.05, 4.69) is 10.1 Å². The van der Waals surface area contributed by atoms with Crippen LogP contribution >= 0.6 is 0 Å². The van der Waals surface area contributed by atoms with Crippen molar-refractivity contribution in [2.75, 3.05) is 12.4 Å². The summed E-state index contributed by atoms with van der Waals surface area (Å²) in [4.78, 5) is 34.8. The first-order chi connectivity index (χ1) is 10.3. The molecule has 1 aromatic rings. The predicted octanol–water partition coefficient (Wildman–Crippen LogP) is 2.24. The Bertz CT molecular complexity index is 623. The van der Waals surface area contributed by atoms with Crippen molar-refractivity contribution in [3.8, 4) is 0 Å². The maximum atomic E-state index is 11.7. The molecule has 0 atom stereocenters. The summed E-state index contributed by atoms with van der Waals surface area (Å²) >= 11 is 0. The highest BCUT2D eigenvalue weighted by Gasteiger charge is 2.38. The van der Waals surface area contributed by atoms with Gasteiger partial charge in [0.15, 0.2) is 5.57 Å². The van der Waals surface area contributed by atoms with E-state index in [0.29, 0.717) is 11.3 Å². The average molecular weight is 321 g/mol. The lowest BCUT2D eigenvalue weighted by atomic mass is 10.2. The second kappa shape index (κ2) is 6.95. The van der Waals surface area contributed by atoms with Gasteiger partial charge in [-0.15, -0.1) is 0 Å². The summed E-state index contributed by atoms with van der Waals surface area (Å²) in [5.74, 6) is -3.25. The number of anilines is 1. The second-order valence-corrected chi connectivity index (χ2v) is 4.95. The Morgan fingerprint density at radius 2 is 1.65 bits per heavy atom. The summed E-state index contributed by atoms with van der Waals surface area (Å²) < 4.78 is 14.5. The molecular weight excluding hydrogens is 302 g/mol. The van der Waals surface area contributed by atoms with Crippen LogP contribution < -0.4 is 5.32 Å². The van der Waals surface area contributed by atoms with Crippen LogP contribution in [0.1, 0.15) is 31.6 Å². The maximum Gasteiger partial charge on any atom is 0.350 e. The maximum absolute atomic E-state index is 11.7. The summed E-state index contributed by atoms with van der Waals surface area (Å²) in [5.41, 5.74) is 0.723. The molecule has 23 heavy (non-hydrogen) atoms. The number of ether oxygens (including phenoxy) is 3.